The fourth-order valence-electron chi connectivity index (χ4n) is 1.09. The second-order valence-electron chi connectivity index (χ2n) is 2.83. The van der Waals surface area contributed by atoms with Gasteiger partial charge in [-0.25, -0.2) is 18.4 Å². The normalized spacial score (nSPS) is 11.2. The molecule has 0 aromatic heterocycles. The van der Waals surface area contributed by atoms with Gasteiger partial charge >= 0.3 is 5.97 Å². The lowest BCUT2D eigenvalue weighted by Gasteiger charge is -2.08. The zero-order valence-electron chi connectivity index (χ0n) is 8.10. The number of halogens is 1. The molecule has 0 atom stereocenters. The van der Waals surface area contributed by atoms with Crippen molar-refractivity contribution in [2.75, 3.05) is 7.11 Å². The average molecular weight is 266 g/mol. The molecule has 16 heavy (non-hydrogen) atoms. The molecule has 0 saturated carbocycles. The lowest BCUT2D eigenvalue weighted by molar-refractivity contribution is 0.0693. The fourth-order valence-corrected chi connectivity index (χ4v) is 2.18. The summed E-state index contributed by atoms with van der Waals surface area (Å²) in [5, 5.41) is 13.4. The van der Waals surface area contributed by atoms with E-state index in [0.717, 1.165) is 12.1 Å². The van der Waals surface area contributed by atoms with E-state index in [4.69, 9.17) is 26.6 Å². The van der Waals surface area contributed by atoms with Crippen LogP contribution in [0, 0.1) is 0 Å². The van der Waals surface area contributed by atoms with Gasteiger partial charge in [0.2, 0.25) is 10.0 Å². The maximum absolute atomic E-state index is 11.1. The number of aromatic carboxylic acids is 1. The molecule has 1 aromatic rings. The van der Waals surface area contributed by atoms with Crippen LogP contribution in [0.25, 0.3) is 0 Å². The SMILES string of the molecule is COc1cc(S(N)(=O)=O)c(Cl)cc1C(=O)O. The number of carbonyl (C=O) groups is 1. The number of carboxylic acids is 1. The molecule has 1 aromatic carbocycles. The Kier molecular flexibility index (Phi) is 3.41. The van der Waals surface area contributed by atoms with Crippen LogP contribution in [0.15, 0.2) is 17.0 Å². The molecule has 3 N–H and O–H groups in total. The van der Waals surface area contributed by atoms with Gasteiger partial charge in [0.1, 0.15) is 16.2 Å². The summed E-state index contributed by atoms with van der Waals surface area (Å²) in [6.07, 6.45) is 0. The highest BCUT2D eigenvalue weighted by atomic mass is 35.5. The minimum atomic E-state index is -4.01. The first kappa shape index (κ1) is 12.8. The predicted molar refractivity (Wildman–Crippen MR) is 56.3 cm³/mol. The Labute approximate surface area is 96.6 Å². The first-order valence-electron chi connectivity index (χ1n) is 3.91. The Morgan fingerprint density at radius 1 is 1.50 bits per heavy atom. The Hall–Kier alpha value is -1.31. The van der Waals surface area contributed by atoms with E-state index in [0.29, 0.717) is 0 Å². The molecular formula is C8H8ClNO5S. The van der Waals surface area contributed by atoms with Gasteiger partial charge in [-0.15, -0.1) is 0 Å². The highest BCUT2D eigenvalue weighted by Gasteiger charge is 2.20. The lowest BCUT2D eigenvalue weighted by atomic mass is 10.2. The van der Waals surface area contributed by atoms with E-state index in [1.54, 1.807) is 0 Å². The van der Waals surface area contributed by atoms with Crippen molar-refractivity contribution in [3.8, 4) is 5.75 Å². The predicted octanol–water partition coefficient (Wildman–Crippen LogP) is 0.694. The monoisotopic (exact) mass is 265 g/mol. The van der Waals surface area contributed by atoms with Crippen molar-refractivity contribution in [3.05, 3.63) is 22.7 Å². The van der Waals surface area contributed by atoms with E-state index in [9.17, 15) is 13.2 Å². The quantitative estimate of drug-likeness (QED) is 0.836. The van der Waals surface area contributed by atoms with Crippen LogP contribution in [-0.2, 0) is 10.0 Å². The van der Waals surface area contributed by atoms with Crippen molar-refractivity contribution in [2.45, 2.75) is 4.90 Å². The second-order valence-corrected chi connectivity index (χ2v) is 4.77. The highest BCUT2D eigenvalue weighted by molar-refractivity contribution is 7.89. The molecule has 88 valence electrons. The van der Waals surface area contributed by atoms with Crippen LogP contribution in [0.4, 0.5) is 0 Å². The Morgan fingerprint density at radius 2 is 2.06 bits per heavy atom. The minimum absolute atomic E-state index is 0.124. The van der Waals surface area contributed by atoms with Gasteiger partial charge < -0.3 is 9.84 Å². The summed E-state index contributed by atoms with van der Waals surface area (Å²) in [4.78, 5) is 10.4. The first-order chi connectivity index (χ1) is 7.27. The summed E-state index contributed by atoms with van der Waals surface area (Å²) in [7, 11) is -2.80. The third-order valence-electron chi connectivity index (χ3n) is 1.79. The fraction of sp³-hybridized carbons (Fsp3) is 0.125. The van der Waals surface area contributed by atoms with Crippen LogP contribution in [0.2, 0.25) is 5.02 Å². The maximum atomic E-state index is 11.1. The number of methoxy groups -OCH3 is 1. The molecule has 0 aliphatic heterocycles. The molecule has 0 unspecified atom stereocenters. The number of primary sulfonamides is 1. The molecule has 0 spiro atoms. The summed E-state index contributed by atoms with van der Waals surface area (Å²) >= 11 is 5.61. The second kappa shape index (κ2) is 4.28. The Bertz CT molecular complexity index is 540. The van der Waals surface area contributed by atoms with Crippen molar-refractivity contribution < 1.29 is 23.1 Å². The molecule has 1 rings (SSSR count). The van der Waals surface area contributed by atoms with Crippen LogP contribution in [0.5, 0.6) is 5.75 Å². The van der Waals surface area contributed by atoms with Gasteiger partial charge in [-0.05, 0) is 6.07 Å². The summed E-state index contributed by atoms with van der Waals surface area (Å²) in [5.74, 6) is -1.40. The molecule has 0 fully saturated rings. The minimum Gasteiger partial charge on any atom is -0.496 e. The Balaban J connectivity index is 3.56. The summed E-state index contributed by atoms with van der Waals surface area (Å²) < 4.78 is 26.9. The molecule has 0 aliphatic rings. The van der Waals surface area contributed by atoms with Crippen LogP contribution in [0.3, 0.4) is 0 Å². The number of carboxylic acid groups (broad SMARTS) is 1. The van der Waals surface area contributed by atoms with Crippen molar-refractivity contribution >= 4 is 27.6 Å². The van der Waals surface area contributed by atoms with E-state index in [1.165, 1.54) is 7.11 Å². The topological polar surface area (TPSA) is 107 Å². The molecule has 0 bridgehead atoms. The number of sulfonamides is 1. The number of ether oxygens (including phenoxy) is 1. The van der Waals surface area contributed by atoms with Gasteiger partial charge in [-0.2, -0.15) is 0 Å². The van der Waals surface area contributed by atoms with Crippen LogP contribution in [0.1, 0.15) is 10.4 Å². The number of hydrogen-bond acceptors (Lipinski definition) is 4. The molecule has 0 saturated heterocycles. The number of benzene rings is 1. The number of rotatable bonds is 3. The Morgan fingerprint density at radius 3 is 2.44 bits per heavy atom. The van der Waals surface area contributed by atoms with E-state index >= 15 is 0 Å². The standard InChI is InChI=1S/C8H8ClNO5S/c1-15-6-3-7(16(10,13)14)5(9)2-4(6)8(11)12/h2-3H,1H3,(H,11,12)(H2,10,13,14). The molecule has 0 aliphatic carbocycles. The number of hydrogen-bond donors (Lipinski definition) is 2. The molecule has 0 heterocycles. The van der Waals surface area contributed by atoms with Gasteiger partial charge in [0.05, 0.1) is 12.1 Å². The third-order valence-corrected chi connectivity index (χ3v) is 3.17. The third kappa shape index (κ3) is 2.43. The van der Waals surface area contributed by atoms with Gasteiger partial charge in [-0.1, -0.05) is 11.6 Å². The van der Waals surface area contributed by atoms with Crippen molar-refractivity contribution in [1.29, 1.82) is 0 Å². The molecule has 6 nitrogen and oxygen atoms in total. The van der Waals surface area contributed by atoms with Crippen LogP contribution >= 0.6 is 11.6 Å². The average Bonchev–Trinajstić information content (AvgIpc) is 2.15. The summed E-state index contributed by atoms with van der Waals surface area (Å²) in [5.41, 5.74) is -0.236. The molecule has 0 amide bonds. The summed E-state index contributed by atoms with van der Waals surface area (Å²) in [6, 6.07) is 1.95. The van der Waals surface area contributed by atoms with Gasteiger partial charge in [0, 0.05) is 6.07 Å². The smallest absolute Gasteiger partial charge is 0.339 e. The first-order valence-corrected chi connectivity index (χ1v) is 5.83. The van der Waals surface area contributed by atoms with Gasteiger partial charge in [0.15, 0.2) is 0 Å². The van der Waals surface area contributed by atoms with Crippen molar-refractivity contribution in [1.82, 2.24) is 0 Å². The zero-order chi connectivity index (χ0) is 12.5. The van der Waals surface area contributed by atoms with Crippen LogP contribution in [-0.4, -0.2) is 26.6 Å². The van der Waals surface area contributed by atoms with E-state index in [2.05, 4.69) is 0 Å². The van der Waals surface area contributed by atoms with Gasteiger partial charge in [0.25, 0.3) is 0 Å². The highest BCUT2D eigenvalue weighted by Crippen LogP contribution is 2.29. The maximum Gasteiger partial charge on any atom is 0.339 e. The molecule has 0 radical (unpaired) electrons. The molecule has 8 heteroatoms. The van der Waals surface area contributed by atoms with Crippen molar-refractivity contribution in [3.63, 3.8) is 0 Å². The lowest BCUT2D eigenvalue weighted by Crippen LogP contribution is -2.14. The molecular weight excluding hydrogens is 258 g/mol. The van der Waals surface area contributed by atoms with Gasteiger partial charge in [-0.3, -0.25) is 0 Å². The van der Waals surface area contributed by atoms with E-state index in [-0.39, 0.29) is 21.2 Å². The van der Waals surface area contributed by atoms with E-state index in [1.807, 2.05) is 0 Å². The largest absolute Gasteiger partial charge is 0.496 e. The van der Waals surface area contributed by atoms with Crippen molar-refractivity contribution in [2.24, 2.45) is 5.14 Å². The van der Waals surface area contributed by atoms with Crippen LogP contribution < -0.4 is 9.88 Å². The van der Waals surface area contributed by atoms with E-state index < -0.39 is 16.0 Å². The number of nitrogens with two attached hydrogens (primary N) is 1. The summed E-state index contributed by atoms with van der Waals surface area (Å²) in [6.45, 7) is 0. The zero-order valence-corrected chi connectivity index (χ0v) is 9.67.